The molecule has 2 aromatic heterocycles. The minimum absolute atomic E-state index is 0.0115. The number of H-pyrrole nitrogens is 1. The smallest absolute Gasteiger partial charge is 0.278 e. The van der Waals surface area contributed by atoms with E-state index in [2.05, 4.69) is 20.3 Å². The van der Waals surface area contributed by atoms with E-state index in [4.69, 9.17) is 9.84 Å². The molecule has 1 saturated heterocycles. The Kier molecular flexibility index (Phi) is 4.56. The van der Waals surface area contributed by atoms with E-state index in [-0.39, 0.29) is 28.9 Å². The molecule has 3 heterocycles. The van der Waals surface area contributed by atoms with E-state index in [9.17, 15) is 19.8 Å². The first-order chi connectivity index (χ1) is 11.8. The van der Waals surface area contributed by atoms with Crippen molar-refractivity contribution in [3.63, 3.8) is 0 Å². The van der Waals surface area contributed by atoms with Crippen molar-refractivity contribution < 1.29 is 24.9 Å². The van der Waals surface area contributed by atoms with Gasteiger partial charge in [-0.15, -0.1) is 0 Å². The maximum atomic E-state index is 12.4. The summed E-state index contributed by atoms with van der Waals surface area (Å²) in [4.78, 5) is 34.6. The molecule has 25 heavy (non-hydrogen) atoms. The third-order valence-electron chi connectivity index (χ3n) is 4.00. The molecular weight excluding hydrogens is 334 g/mol. The lowest BCUT2D eigenvalue weighted by molar-refractivity contribution is -0.118. The lowest BCUT2D eigenvalue weighted by Gasteiger charge is -2.16. The van der Waals surface area contributed by atoms with Crippen molar-refractivity contribution in [2.24, 2.45) is 5.92 Å². The molecule has 0 radical (unpaired) electrons. The van der Waals surface area contributed by atoms with Gasteiger partial charge in [-0.1, -0.05) is 13.8 Å². The fourth-order valence-corrected chi connectivity index (χ4v) is 2.58. The third kappa shape index (κ3) is 3.02. The number of hydrogen-bond donors (Lipinski definition) is 5. The van der Waals surface area contributed by atoms with Crippen LogP contribution in [0.25, 0.3) is 11.2 Å². The Labute approximate surface area is 141 Å². The van der Waals surface area contributed by atoms with E-state index in [1.165, 1.54) is 10.9 Å². The number of carbonyl (C=O) groups is 1. The second-order valence-electron chi connectivity index (χ2n) is 6.11. The molecule has 4 atom stereocenters. The summed E-state index contributed by atoms with van der Waals surface area (Å²) in [5, 5.41) is 31.6. The number of anilines is 1. The minimum atomic E-state index is -1.35. The van der Waals surface area contributed by atoms with Crippen molar-refractivity contribution in [1.82, 2.24) is 19.5 Å². The lowest BCUT2D eigenvalue weighted by Crippen LogP contribution is -2.33. The van der Waals surface area contributed by atoms with Crippen LogP contribution in [0, 0.1) is 5.92 Å². The Morgan fingerprint density at radius 3 is 2.76 bits per heavy atom. The topological polar surface area (TPSA) is 163 Å². The second kappa shape index (κ2) is 6.52. The maximum Gasteiger partial charge on any atom is 0.278 e. The van der Waals surface area contributed by atoms with Gasteiger partial charge in [0.05, 0.1) is 6.61 Å². The summed E-state index contributed by atoms with van der Waals surface area (Å²) < 4.78 is 6.63. The first kappa shape index (κ1) is 17.5. The largest absolute Gasteiger partial charge is 0.394 e. The molecule has 1 amide bonds. The molecular formula is C14H19N5O6. The molecule has 3 rings (SSSR count). The maximum absolute atomic E-state index is 12.4. The number of aliphatic hydroxyl groups is 3. The van der Waals surface area contributed by atoms with Gasteiger partial charge in [-0.25, -0.2) is 4.98 Å². The first-order valence-electron chi connectivity index (χ1n) is 7.73. The minimum Gasteiger partial charge on any atom is -0.394 e. The van der Waals surface area contributed by atoms with Crippen LogP contribution in [0.3, 0.4) is 0 Å². The number of ether oxygens (including phenoxy) is 1. The second-order valence-corrected chi connectivity index (χ2v) is 6.11. The Morgan fingerprint density at radius 1 is 1.44 bits per heavy atom. The van der Waals surface area contributed by atoms with Crippen LogP contribution >= 0.6 is 0 Å². The van der Waals surface area contributed by atoms with Gasteiger partial charge in [0.1, 0.15) is 24.6 Å². The van der Waals surface area contributed by atoms with Gasteiger partial charge in [0.2, 0.25) is 11.9 Å². The van der Waals surface area contributed by atoms with Crippen molar-refractivity contribution >= 4 is 23.0 Å². The van der Waals surface area contributed by atoms with Crippen molar-refractivity contribution in [2.75, 3.05) is 11.9 Å². The molecule has 0 aromatic carbocycles. The summed E-state index contributed by atoms with van der Waals surface area (Å²) in [6.45, 7) is 2.91. The van der Waals surface area contributed by atoms with Gasteiger partial charge in [-0.2, -0.15) is 4.98 Å². The van der Waals surface area contributed by atoms with Crippen molar-refractivity contribution in [3.8, 4) is 0 Å². The molecule has 136 valence electrons. The molecule has 0 bridgehead atoms. The molecule has 0 unspecified atom stereocenters. The van der Waals surface area contributed by atoms with Crippen LogP contribution in [0.2, 0.25) is 0 Å². The number of aromatic amines is 1. The summed E-state index contributed by atoms with van der Waals surface area (Å²) in [7, 11) is 0. The van der Waals surface area contributed by atoms with Gasteiger partial charge in [0, 0.05) is 5.92 Å². The predicted octanol–water partition coefficient (Wildman–Crippen LogP) is -1.67. The molecule has 5 N–H and O–H groups in total. The van der Waals surface area contributed by atoms with E-state index >= 15 is 0 Å². The third-order valence-corrected chi connectivity index (χ3v) is 4.00. The number of nitrogens with zero attached hydrogens (tertiary/aromatic N) is 3. The van der Waals surface area contributed by atoms with E-state index < -0.39 is 36.7 Å². The number of nitrogens with one attached hydrogen (secondary N) is 2. The number of imidazole rings is 1. The molecule has 0 spiro atoms. The van der Waals surface area contributed by atoms with E-state index in [0.29, 0.717) is 0 Å². The van der Waals surface area contributed by atoms with E-state index in [0.717, 1.165) is 0 Å². The first-order valence-corrected chi connectivity index (χ1v) is 7.73. The Bertz CT molecular complexity index is 846. The van der Waals surface area contributed by atoms with Crippen molar-refractivity contribution in [2.45, 2.75) is 38.4 Å². The van der Waals surface area contributed by atoms with Gasteiger partial charge in [-0.05, 0) is 0 Å². The Balaban J connectivity index is 1.97. The molecule has 0 aliphatic carbocycles. The zero-order chi connectivity index (χ0) is 18.3. The number of amides is 1. The number of rotatable bonds is 4. The van der Waals surface area contributed by atoms with Gasteiger partial charge in [0.15, 0.2) is 17.4 Å². The molecule has 11 heteroatoms. The molecule has 11 nitrogen and oxygen atoms in total. The summed E-state index contributed by atoms with van der Waals surface area (Å²) >= 11 is 0. The zero-order valence-electron chi connectivity index (χ0n) is 13.6. The normalized spacial score (nSPS) is 26.5. The highest BCUT2D eigenvalue weighted by molar-refractivity contribution is 5.91. The quantitative estimate of drug-likeness (QED) is 0.435. The monoisotopic (exact) mass is 353 g/mol. The SMILES string of the molecule is CC(C)C(=O)Nc1nc2ncn([C@@H]3O[C@H](CO)[C@@H](O)[C@H]3O)c2c(=O)[nH]1. The van der Waals surface area contributed by atoms with E-state index in [1.807, 2.05) is 0 Å². The number of carbonyl (C=O) groups excluding carboxylic acids is 1. The number of aromatic nitrogens is 4. The number of aliphatic hydroxyl groups excluding tert-OH is 3. The zero-order valence-corrected chi connectivity index (χ0v) is 13.6. The fourth-order valence-electron chi connectivity index (χ4n) is 2.58. The molecule has 1 aliphatic rings. The van der Waals surface area contributed by atoms with Crippen LogP contribution in [-0.4, -0.2) is 65.7 Å². The standard InChI is InChI=1S/C14H19N5O6/c1-5(2)11(23)17-14-16-10-7(12(24)18-14)19(4-15-10)13-9(22)8(21)6(3-20)25-13/h4-6,8-9,13,20-22H,3H2,1-2H3,(H2,16,17,18,23,24)/t6-,8-,9-,13-/m1/s1. The van der Waals surface area contributed by atoms with Gasteiger partial charge < -0.3 is 20.1 Å². The van der Waals surface area contributed by atoms with Gasteiger partial charge >= 0.3 is 0 Å². The highest BCUT2D eigenvalue weighted by Crippen LogP contribution is 2.30. The van der Waals surface area contributed by atoms with Crippen LogP contribution in [0.1, 0.15) is 20.1 Å². The number of hydrogen-bond acceptors (Lipinski definition) is 8. The fraction of sp³-hybridized carbons (Fsp3) is 0.571. The van der Waals surface area contributed by atoms with Crippen LogP contribution in [0.4, 0.5) is 5.95 Å². The number of fused-ring (bicyclic) bond motifs is 1. The van der Waals surface area contributed by atoms with Crippen LogP contribution in [-0.2, 0) is 9.53 Å². The molecule has 2 aromatic rings. The van der Waals surface area contributed by atoms with Crippen molar-refractivity contribution in [3.05, 3.63) is 16.7 Å². The summed E-state index contributed by atoms with van der Waals surface area (Å²) in [5.74, 6) is -0.648. The highest BCUT2D eigenvalue weighted by Gasteiger charge is 2.44. The lowest BCUT2D eigenvalue weighted by atomic mass is 10.1. The Hall–Kier alpha value is -2.34. The van der Waals surface area contributed by atoms with Crippen LogP contribution in [0.5, 0.6) is 0 Å². The molecule has 1 aliphatic heterocycles. The van der Waals surface area contributed by atoms with Crippen LogP contribution < -0.4 is 10.9 Å². The average Bonchev–Trinajstić information content (AvgIpc) is 3.10. The Morgan fingerprint density at radius 2 is 2.16 bits per heavy atom. The average molecular weight is 353 g/mol. The van der Waals surface area contributed by atoms with Gasteiger partial charge in [-0.3, -0.25) is 24.5 Å². The van der Waals surface area contributed by atoms with E-state index in [1.54, 1.807) is 13.8 Å². The van der Waals surface area contributed by atoms with Crippen molar-refractivity contribution in [1.29, 1.82) is 0 Å². The highest BCUT2D eigenvalue weighted by atomic mass is 16.6. The molecule has 1 fully saturated rings. The summed E-state index contributed by atoms with van der Waals surface area (Å²) in [6, 6.07) is 0. The van der Waals surface area contributed by atoms with Gasteiger partial charge in [0.25, 0.3) is 5.56 Å². The summed E-state index contributed by atoms with van der Waals surface area (Å²) in [6.07, 6.45) is -3.50. The molecule has 0 saturated carbocycles. The predicted molar refractivity (Wildman–Crippen MR) is 84.6 cm³/mol. The summed E-state index contributed by atoms with van der Waals surface area (Å²) in [5.41, 5.74) is -0.544. The van der Waals surface area contributed by atoms with Crippen LogP contribution in [0.15, 0.2) is 11.1 Å².